The molecule has 1 atom stereocenters. The maximum absolute atomic E-state index is 12.0. The van der Waals surface area contributed by atoms with Gasteiger partial charge in [0.25, 0.3) is 11.1 Å². The van der Waals surface area contributed by atoms with Crippen molar-refractivity contribution in [2.24, 2.45) is 0 Å². The molecule has 0 radical (unpaired) electrons. The molecule has 0 saturated heterocycles. The molecule has 1 unspecified atom stereocenters. The number of ether oxygens (including phenoxy) is 1. The average Bonchev–Trinajstić information content (AvgIpc) is 3.18. The summed E-state index contributed by atoms with van der Waals surface area (Å²) in [6, 6.07) is -0.301. The molecule has 132 valence electrons. The van der Waals surface area contributed by atoms with E-state index in [1.54, 1.807) is 6.92 Å². The van der Waals surface area contributed by atoms with Crippen LogP contribution in [0.5, 0.6) is 5.19 Å². The molecule has 0 fully saturated rings. The highest BCUT2D eigenvalue weighted by atomic mass is 32.1. The number of hydrogen-bond acceptors (Lipinski definition) is 7. The van der Waals surface area contributed by atoms with Gasteiger partial charge in [-0.3, -0.25) is 4.79 Å². The van der Waals surface area contributed by atoms with E-state index in [1.165, 1.54) is 17.5 Å². The summed E-state index contributed by atoms with van der Waals surface area (Å²) in [5.41, 5.74) is 1.86. The lowest BCUT2D eigenvalue weighted by molar-refractivity contribution is 0.0926. The molecule has 1 amide bonds. The van der Waals surface area contributed by atoms with E-state index in [4.69, 9.17) is 14.4 Å². The van der Waals surface area contributed by atoms with Crippen LogP contribution in [0.3, 0.4) is 0 Å². The monoisotopic (exact) mass is 353 g/mol. The number of carbonyl (C=O) groups is 1. The smallest absolute Gasteiger partial charge is 0.274 e. The summed E-state index contributed by atoms with van der Waals surface area (Å²) >= 11 is 1.17. The Morgan fingerprint density at radius 3 is 3.04 bits per heavy atom. The highest BCUT2D eigenvalue weighted by Gasteiger charge is 2.16. The number of nitrogens with one attached hydrogen (secondary N) is 1. The third-order valence-corrected chi connectivity index (χ3v) is 4.44. The summed E-state index contributed by atoms with van der Waals surface area (Å²) in [7, 11) is 0. The topological polar surface area (TPSA) is 97.5 Å². The van der Waals surface area contributed by atoms with Crippen LogP contribution in [0.15, 0.2) is 10.7 Å². The molecule has 0 bridgehead atoms. The number of hydrogen-bond donors (Lipinski definition) is 2. The van der Waals surface area contributed by atoms with Gasteiger partial charge in [-0.25, -0.2) is 4.98 Å². The van der Waals surface area contributed by atoms with Crippen molar-refractivity contribution < 1.29 is 19.2 Å². The Kier molecular flexibility index (Phi) is 6.74. The minimum absolute atomic E-state index is 0.110. The van der Waals surface area contributed by atoms with E-state index in [2.05, 4.69) is 22.4 Å². The van der Waals surface area contributed by atoms with Gasteiger partial charge in [-0.2, -0.15) is 0 Å². The Hall–Kier alpha value is -1.93. The molecule has 7 nitrogen and oxygen atoms in total. The molecule has 0 spiro atoms. The second-order valence-electron chi connectivity index (χ2n) is 5.60. The minimum Gasteiger partial charge on any atom is -0.465 e. The summed E-state index contributed by atoms with van der Waals surface area (Å²) in [5.74, 6) is 0.473. The zero-order valence-electron chi connectivity index (χ0n) is 14.2. The molecule has 2 heterocycles. The van der Waals surface area contributed by atoms with Crippen LogP contribution in [0.1, 0.15) is 53.4 Å². The highest BCUT2D eigenvalue weighted by Crippen LogP contribution is 2.23. The summed E-state index contributed by atoms with van der Waals surface area (Å²) in [5, 5.41) is 16.1. The number of unbranched alkanes of at least 4 members (excludes halogenated alkanes) is 1. The Labute approximate surface area is 145 Å². The Morgan fingerprint density at radius 1 is 1.54 bits per heavy atom. The predicted octanol–water partition coefficient (Wildman–Crippen LogP) is 2.47. The van der Waals surface area contributed by atoms with E-state index >= 15 is 0 Å². The van der Waals surface area contributed by atoms with Gasteiger partial charge in [0.2, 0.25) is 0 Å². The van der Waals surface area contributed by atoms with E-state index < -0.39 is 0 Å². The zero-order chi connectivity index (χ0) is 17.5. The third-order valence-electron chi connectivity index (χ3n) is 3.53. The number of amides is 1. The molecule has 0 aliphatic rings. The number of aryl methyl sites for hydroxylation is 2. The molecule has 8 heteroatoms. The average molecular weight is 353 g/mol. The number of rotatable bonds is 9. The number of aliphatic hydroxyl groups is 1. The van der Waals surface area contributed by atoms with Crippen LogP contribution in [0.4, 0.5) is 0 Å². The number of thiazole rings is 1. The summed E-state index contributed by atoms with van der Waals surface area (Å²) in [6.07, 6.45) is 4.46. The normalized spacial score (nSPS) is 12.2. The lowest BCUT2D eigenvalue weighted by Crippen LogP contribution is -2.34. The standard InChI is InChI=1S/C16H23N3O4S/c1-4-5-6-13-12(11(3)23-19-13)9-22-16-17-7-14(24-16)15(21)18-10(2)8-20/h7,10,20H,4-6,8-9H2,1-3H3,(H,18,21). The van der Waals surface area contributed by atoms with Gasteiger partial charge in [0.15, 0.2) is 0 Å². The van der Waals surface area contributed by atoms with Crippen molar-refractivity contribution in [3.05, 3.63) is 28.1 Å². The van der Waals surface area contributed by atoms with Crippen LogP contribution < -0.4 is 10.1 Å². The number of nitrogens with zero attached hydrogens (tertiary/aromatic N) is 2. The van der Waals surface area contributed by atoms with Crippen molar-refractivity contribution in [1.29, 1.82) is 0 Å². The SMILES string of the molecule is CCCCc1noc(C)c1COc1ncc(C(=O)NC(C)CO)s1. The largest absolute Gasteiger partial charge is 0.465 e. The summed E-state index contributed by atoms with van der Waals surface area (Å²) in [4.78, 5) is 16.5. The molecular weight excluding hydrogens is 330 g/mol. The van der Waals surface area contributed by atoms with Crippen LogP contribution in [0.25, 0.3) is 0 Å². The number of carbonyl (C=O) groups excluding carboxylic acids is 1. The number of aliphatic hydroxyl groups excluding tert-OH is 1. The maximum Gasteiger partial charge on any atom is 0.274 e. The summed E-state index contributed by atoms with van der Waals surface area (Å²) in [6.45, 7) is 5.92. The van der Waals surface area contributed by atoms with Gasteiger partial charge < -0.3 is 19.7 Å². The summed E-state index contributed by atoms with van der Waals surface area (Å²) < 4.78 is 10.9. The van der Waals surface area contributed by atoms with Crippen molar-refractivity contribution in [1.82, 2.24) is 15.5 Å². The van der Waals surface area contributed by atoms with Crippen LogP contribution >= 0.6 is 11.3 Å². The molecule has 24 heavy (non-hydrogen) atoms. The molecule has 2 N–H and O–H groups in total. The molecule has 0 aromatic carbocycles. The van der Waals surface area contributed by atoms with E-state index in [0.717, 1.165) is 36.3 Å². The molecule has 2 aromatic heterocycles. The van der Waals surface area contributed by atoms with Gasteiger partial charge in [0.05, 0.1) is 24.1 Å². The van der Waals surface area contributed by atoms with Gasteiger partial charge >= 0.3 is 0 Å². The van der Waals surface area contributed by atoms with Crippen LogP contribution in [0.2, 0.25) is 0 Å². The maximum atomic E-state index is 12.0. The van der Waals surface area contributed by atoms with Gasteiger partial charge in [0, 0.05) is 6.04 Å². The van der Waals surface area contributed by atoms with Gasteiger partial charge in [-0.05, 0) is 26.7 Å². The van der Waals surface area contributed by atoms with Crippen LogP contribution in [0, 0.1) is 6.92 Å². The van der Waals surface area contributed by atoms with E-state index in [9.17, 15) is 4.79 Å². The second kappa shape index (κ2) is 8.79. The van der Waals surface area contributed by atoms with E-state index in [1.807, 2.05) is 6.92 Å². The Bertz CT molecular complexity index is 668. The molecule has 0 aliphatic heterocycles. The fourth-order valence-corrected chi connectivity index (χ4v) is 2.74. The zero-order valence-corrected chi connectivity index (χ0v) is 15.0. The molecule has 2 aromatic rings. The first-order valence-electron chi connectivity index (χ1n) is 7.99. The number of aromatic nitrogens is 2. The van der Waals surface area contributed by atoms with E-state index in [0.29, 0.717) is 16.7 Å². The molecule has 2 rings (SSSR count). The Balaban J connectivity index is 1.96. The lowest BCUT2D eigenvalue weighted by atomic mass is 10.1. The molecule has 0 aliphatic carbocycles. The molecular formula is C16H23N3O4S. The Morgan fingerprint density at radius 2 is 2.33 bits per heavy atom. The third kappa shape index (κ3) is 4.78. The second-order valence-corrected chi connectivity index (χ2v) is 6.60. The fourth-order valence-electron chi connectivity index (χ4n) is 2.07. The fraction of sp³-hybridized carbons (Fsp3) is 0.562. The first kappa shape index (κ1) is 18.4. The predicted molar refractivity (Wildman–Crippen MR) is 90.3 cm³/mol. The van der Waals surface area contributed by atoms with Crippen molar-refractivity contribution in [2.45, 2.75) is 52.7 Å². The van der Waals surface area contributed by atoms with Crippen LogP contribution in [-0.4, -0.2) is 33.8 Å². The first-order chi connectivity index (χ1) is 11.5. The van der Waals surface area contributed by atoms with Crippen molar-refractivity contribution in [3.8, 4) is 5.19 Å². The first-order valence-corrected chi connectivity index (χ1v) is 8.81. The highest BCUT2D eigenvalue weighted by molar-refractivity contribution is 7.15. The quantitative estimate of drug-likeness (QED) is 0.719. The van der Waals surface area contributed by atoms with Gasteiger partial charge in [-0.15, -0.1) is 0 Å². The van der Waals surface area contributed by atoms with E-state index in [-0.39, 0.29) is 18.6 Å². The van der Waals surface area contributed by atoms with Crippen molar-refractivity contribution >= 4 is 17.2 Å². The van der Waals surface area contributed by atoms with Gasteiger partial charge in [0.1, 0.15) is 17.2 Å². The molecule has 0 saturated carbocycles. The lowest BCUT2D eigenvalue weighted by Gasteiger charge is -2.08. The van der Waals surface area contributed by atoms with Gasteiger partial charge in [-0.1, -0.05) is 29.8 Å². The van der Waals surface area contributed by atoms with Crippen molar-refractivity contribution in [2.75, 3.05) is 6.61 Å². The van der Waals surface area contributed by atoms with Crippen LogP contribution in [-0.2, 0) is 13.0 Å². The minimum atomic E-state index is -0.301. The van der Waals surface area contributed by atoms with Crippen molar-refractivity contribution in [3.63, 3.8) is 0 Å².